The predicted molar refractivity (Wildman–Crippen MR) is 75.0 cm³/mol. The molecule has 0 aliphatic heterocycles. The van der Waals surface area contributed by atoms with Crippen molar-refractivity contribution in [3.8, 4) is 0 Å². The summed E-state index contributed by atoms with van der Waals surface area (Å²) < 4.78 is 0. The van der Waals surface area contributed by atoms with Gasteiger partial charge in [0.1, 0.15) is 0 Å². The van der Waals surface area contributed by atoms with Gasteiger partial charge in [-0.1, -0.05) is 18.2 Å². The average molecular weight is 241 g/mol. The molecule has 1 heterocycles. The molecular weight excluding hydrogens is 222 g/mol. The maximum atomic E-state index is 5.82. The summed E-state index contributed by atoms with van der Waals surface area (Å²) in [6, 6.07) is 12.4. The monoisotopic (exact) mass is 241 g/mol. The van der Waals surface area contributed by atoms with Crippen molar-refractivity contribution in [2.45, 2.75) is 19.5 Å². The van der Waals surface area contributed by atoms with Crippen molar-refractivity contribution in [2.24, 2.45) is 0 Å². The first-order valence-corrected chi connectivity index (χ1v) is 6.11. The number of hydrogen-bond donors (Lipinski definition) is 1. The van der Waals surface area contributed by atoms with Gasteiger partial charge in [0.2, 0.25) is 0 Å². The van der Waals surface area contributed by atoms with Gasteiger partial charge >= 0.3 is 0 Å². The average Bonchev–Trinajstić information content (AvgIpc) is 2.39. The third kappa shape index (κ3) is 3.08. The zero-order valence-corrected chi connectivity index (χ0v) is 10.9. The second-order valence-electron chi connectivity index (χ2n) is 4.62. The normalized spacial score (nSPS) is 12.6. The fourth-order valence-corrected chi connectivity index (χ4v) is 1.99. The topological polar surface area (TPSA) is 42.1 Å². The van der Waals surface area contributed by atoms with Gasteiger partial charge in [0.15, 0.2) is 0 Å². The molecule has 2 N–H and O–H groups in total. The minimum Gasteiger partial charge on any atom is -0.399 e. The van der Waals surface area contributed by atoms with Gasteiger partial charge in [0, 0.05) is 30.7 Å². The van der Waals surface area contributed by atoms with Gasteiger partial charge in [-0.15, -0.1) is 0 Å². The van der Waals surface area contributed by atoms with E-state index in [9.17, 15) is 0 Å². The number of pyridine rings is 1. The molecule has 2 aromatic rings. The first kappa shape index (κ1) is 12.6. The van der Waals surface area contributed by atoms with Crippen LogP contribution >= 0.6 is 0 Å². The maximum absolute atomic E-state index is 5.82. The SMILES string of the molecule is CC(c1cccc(N)c1)N(C)Cc1cccnc1. The lowest BCUT2D eigenvalue weighted by Gasteiger charge is -2.25. The number of hydrogen-bond acceptors (Lipinski definition) is 3. The summed E-state index contributed by atoms with van der Waals surface area (Å²) in [6.45, 7) is 3.06. The molecule has 0 aliphatic rings. The third-order valence-electron chi connectivity index (χ3n) is 3.21. The zero-order valence-electron chi connectivity index (χ0n) is 10.9. The molecule has 1 aromatic heterocycles. The molecule has 0 aliphatic carbocycles. The van der Waals surface area contributed by atoms with Gasteiger partial charge in [-0.3, -0.25) is 9.88 Å². The van der Waals surface area contributed by atoms with Crippen molar-refractivity contribution < 1.29 is 0 Å². The Bertz CT molecular complexity index is 496. The van der Waals surface area contributed by atoms with Crippen LogP contribution in [0.5, 0.6) is 0 Å². The Labute approximate surface area is 108 Å². The Hall–Kier alpha value is -1.87. The predicted octanol–water partition coefficient (Wildman–Crippen LogP) is 2.86. The molecule has 1 aromatic carbocycles. The fourth-order valence-electron chi connectivity index (χ4n) is 1.99. The van der Waals surface area contributed by atoms with Crippen LogP contribution in [0.25, 0.3) is 0 Å². The van der Waals surface area contributed by atoms with Crippen molar-refractivity contribution in [1.29, 1.82) is 0 Å². The van der Waals surface area contributed by atoms with Gasteiger partial charge in [0.25, 0.3) is 0 Å². The molecular formula is C15H19N3. The van der Waals surface area contributed by atoms with Gasteiger partial charge in [0.05, 0.1) is 0 Å². The Balaban J connectivity index is 2.07. The van der Waals surface area contributed by atoms with E-state index in [0.717, 1.165) is 12.2 Å². The highest BCUT2D eigenvalue weighted by Crippen LogP contribution is 2.21. The van der Waals surface area contributed by atoms with Crippen molar-refractivity contribution in [1.82, 2.24) is 9.88 Å². The zero-order chi connectivity index (χ0) is 13.0. The van der Waals surface area contributed by atoms with Crippen LogP contribution in [0.2, 0.25) is 0 Å². The van der Waals surface area contributed by atoms with Crippen LogP contribution in [0.15, 0.2) is 48.8 Å². The Kier molecular flexibility index (Phi) is 3.95. The van der Waals surface area contributed by atoms with Gasteiger partial charge in [-0.2, -0.15) is 0 Å². The molecule has 3 nitrogen and oxygen atoms in total. The van der Waals surface area contributed by atoms with E-state index in [4.69, 9.17) is 5.73 Å². The minimum absolute atomic E-state index is 0.328. The number of benzene rings is 1. The first-order valence-electron chi connectivity index (χ1n) is 6.11. The number of nitrogen functional groups attached to an aromatic ring is 1. The lowest BCUT2D eigenvalue weighted by molar-refractivity contribution is 0.253. The summed E-state index contributed by atoms with van der Waals surface area (Å²) in [7, 11) is 2.11. The van der Waals surface area contributed by atoms with E-state index in [1.165, 1.54) is 11.1 Å². The summed E-state index contributed by atoms with van der Waals surface area (Å²) in [4.78, 5) is 6.42. The largest absolute Gasteiger partial charge is 0.399 e. The summed E-state index contributed by atoms with van der Waals surface area (Å²) in [5.41, 5.74) is 9.09. The summed E-state index contributed by atoms with van der Waals surface area (Å²) in [6.07, 6.45) is 3.70. The van der Waals surface area contributed by atoms with E-state index in [1.54, 1.807) is 6.20 Å². The number of anilines is 1. The Morgan fingerprint density at radius 2 is 2.11 bits per heavy atom. The Morgan fingerprint density at radius 1 is 1.28 bits per heavy atom. The van der Waals surface area contributed by atoms with Crippen molar-refractivity contribution in [3.05, 3.63) is 59.9 Å². The van der Waals surface area contributed by atoms with Crippen LogP contribution in [0.1, 0.15) is 24.1 Å². The lowest BCUT2D eigenvalue weighted by Crippen LogP contribution is -2.22. The second-order valence-corrected chi connectivity index (χ2v) is 4.62. The van der Waals surface area contributed by atoms with Crippen molar-refractivity contribution in [2.75, 3.05) is 12.8 Å². The van der Waals surface area contributed by atoms with Crippen LogP contribution in [-0.4, -0.2) is 16.9 Å². The highest BCUT2D eigenvalue weighted by molar-refractivity contribution is 5.41. The second kappa shape index (κ2) is 5.65. The highest BCUT2D eigenvalue weighted by atomic mass is 15.1. The van der Waals surface area contributed by atoms with Crippen LogP contribution < -0.4 is 5.73 Å². The molecule has 94 valence electrons. The summed E-state index contributed by atoms with van der Waals surface area (Å²) >= 11 is 0. The van der Waals surface area contributed by atoms with Crippen LogP contribution in [-0.2, 0) is 6.54 Å². The lowest BCUT2D eigenvalue weighted by atomic mass is 10.1. The van der Waals surface area contributed by atoms with Crippen molar-refractivity contribution >= 4 is 5.69 Å². The molecule has 0 fully saturated rings. The van der Waals surface area contributed by atoms with Crippen LogP contribution in [0.3, 0.4) is 0 Å². The number of nitrogens with two attached hydrogens (primary N) is 1. The van der Waals surface area contributed by atoms with E-state index in [0.29, 0.717) is 6.04 Å². The van der Waals surface area contributed by atoms with E-state index in [1.807, 2.05) is 30.5 Å². The van der Waals surface area contributed by atoms with Crippen LogP contribution in [0.4, 0.5) is 5.69 Å². The molecule has 0 bridgehead atoms. The molecule has 18 heavy (non-hydrogen) atoms. The fraction of sp³-hybridized carbons (Fsp3) is 0.267. The van der Waals surface area contributed by atoms with E-state index >= 15 is 0 Å². The molecule has 0 saturated carbocycles. The molecule has 0 spiro atoms. The molecule has 0 amide bonds. The standard InChI is InChI=1S/C15H19N3/c1-12(14-6-3-7-15(16)9-14)18(2)11-13-5-4-8-17-10-13/h3-10,12H,11,16H2,1-2H3. The number of rotatable bonds is 4. The van der Waals surface area contributed by atoms with E-state index in [-0.39, 0.29) is 0 Å². The number of aromatic nitrogens is 1. The highest BCUT2D eigenvalue weighted by Gasteiger charge is 2.12. The van der Waals surface area contributed by atoms with Gasteiger partial charge in [-0.05, 0) is 43.3 Å². The molecule has 3 heteroatoms. The Morgan fingerprint density at radius 3 is 2.78 bits per heavy atom. The van der Waals surface area contributed by atoms with Crippen LogP contribution in [0, 0.1) is 0 Å². The van der Waals surface area contributed by atoms with E-state index in [2.05, 4.69) is 36.0 Å². The molecule has 0 radical (unpaired) electrons. The van der Waals surface area contributed by atoms with Gasteiger partial charge in [-0.25, -0.2) is 0 Å². The molecule has 2 rings (SSSR count). The van der Waals surface area contributed by atoms with E-state index < -0.39 is 0 Å². The third-order valence-corrected chi connectivity index (χ3v) is 3.21. The molecule has 1 unspecified atom stereocenters. The quantitative estimate of drug-likeness (QED) is 0.837. The minimum atomic E-state index is 0.328. The number of nitrogens with zero attached hydrogens (tertiary/aromatic N) is 2. The van der Waals surface area contributed by atoms with Crippen molar-refractivity contribution in [3.63, 3.8) is 0 Å². The smallest absolute Gasteiger partial charge is 0.0321 e. The molecule has 0 saturated heterocycles. The molecule has 1 atom stereocenters. The maximum Gasteiger partial charge on any atom is 0.0321 e. The summed E-state index contributed by atoms with van der Waals surface area (Å²) in [5, 5.41) is 0. The summed E-state index contributed by atoms with van der Waals surface area (Å²) in [5.74, 6) is 0. The first-order chi connectivity index (χ1) is 8.66. The van der Waals surface area contributed by atoms with Gasteiger partial charge < -0.3 is 5.73 Å².